The SMILES string of the molecule is Cc1cccc(CSCC(=O)Nc2cccc(Oc3ccc4c(c3)C(=O)N(CC3CCCO3)C4=O)c2)c1. The summed E-state index contributed by atoms with van der Waals surface area (Å²) < 4.78 is 11.6. The van der Waals surface area contributed by atoms with Gasteiger partial charge < -0.3 is 14.8 Å². The second-order valence-electron chi connectivity index (χ2n) is 9.22. The maximum atomic E-state index is 12.9. The molecule has 1 unspecified atom stereocenters. The molecular weight excluding hydrogens is 488 g/mol. The van der Waals surface area contributed by atoms with Gasteiger partial charge in [-0.25, -0.2) is 0 Å². The first-order chi connectivity index (χ1) is 18.0. The number of hydrogen-bond acceptors (Lipinski definition) is 6. The number of benzene rings is 3. The van der Waals surface area contributed by atoms with Gasteiger partial charge in [0.15, 0.2) is 0 Å². The van der Waals surface area contributed by atoms with Crippen LogP contribution in [0.3, 0.4) is 0 Å². The maximum absolute atomic E-state index is 12.9. The molecule has 2 aliphatic heterocycles. The van der Waals surface area contributed by atoms with Crippen LogP contribution in [0.4, 0.5) is 5.69 Å². The van der Waals surface area contributed by atoms with Gasteiger partial charge in [0.05, 0.1) is 29.5 Å². The predicted molar refractivity (Wildman–Crippen MR) is 143 cm³/mol. The van der Waals surface area contributed by atoms with Crippen molar-refractivity contribution in [3.05, 3.63) is 89.0 Å². The van der Waals surface area contributed by atoms with Crippen LogP contribution < -0.4 is 10.1 Å². The Labute approximate surface area is 220 Å². The van der Waals surface area contributed by atoms with Crippen LogP contribution >= 0.6 is 11.8 Å². The molecule has 0 bridgehead atoms. The van der Waals surface area contributed by atoms with Crippen LogP contribution in [0.5, 0.6) is 11.5 Å². The van der Waals surface area contributed by atoms with Gasteiger partial charge in [-0.3, -0.25) is 19.3 Å². The molecule has 1 fully saturated rings. The molecule has 3 aromatic carbocycles. The Kier molecular flexibility index (Phi) is 7.58. The van der Waals surface area contributed by atoms with Crippen LogP contribution in [0.15, 0.2) is 66.7 Å². The Morgan fingerprint density at radius 2 is 1.84 bits per heavy atom. The van der Waals surface area contributed by atoms with Gasteiger partial charge in [-0.2, -0.15) is 0 Å². The molecule has 2 aliphatic rings. The monoisotopic (exact) mass is 516 g/mol. The molecule has 5 rings (SSSR count). The highest BCUT2D eigenvalue weighted by atomic mass is 32.2. The van der Waals surface area contributed by atoms with Crippen molar-refractivity contribution < 1.29 is 23.9 Å². The zero-order valence-electron chi connectivity index (χ0n) is 20.6. The van der Waals surface area contributed by atoms with Gasteiger partial charge in [0.25, 0.3) is 11.8 Å². The van der Waals surface area contributed by atoms with E-state index in [9.17, 15) is 14.4 Å². The summed E-state index contributed by atoms with van der Waals surface area (Å²) in [6, 6.07) is 20.2. The third-order valence-electron chi connectivity index (χ3n) is 6.29. The van der Waals surface area contributed by atoms with E-state index >= 15 is 0 Å². The van der Waals surface area contributed by atoms with E-state index in [0.29, 0.717) is 40.7 Å². The normalized spacial score (nSPS) is 16.7. The van der Waals surface area contributed by atoms with Crippen molar-refractivity contribution in [1.29, 1.82) is 0 Å². The minimum atomic E-state index is -0.329. The molecule has 0 spiro atoms. The van der Waals surface area contributed by atoms with E-state index < -0.39 is 0 Å². The van der Waals surface area contributed by atoms with Gasteiger partial charge in [-0.1, -0.05) is 35.9 Å². The fourth-order valence-electron chi connectivity index (χ4n) is 4.53. The van der Waals surface area contributed by atoms with E-state index in [4.69, 9.17) is 9.47 Å². The van der Waals surface area contributed by atoms with Gasteiger partial charge in [-0.15, -0.1) is 11.8 Å². The highest BCUT2D eigenvalue weighted by Gasteiger charge is 2.37. The lowest BCUT2D eigenvalue weighted by molar-refractivity contribution is -0.113. The van der Waals surface area contributed by atoms with Crippen molar-refractivity contribution in [1.82, 2.24) is 4.90 Å². The van der Waals surface area contributed by atoms with Crippen LogP contribution in [0.2, 0.25) is 0 Å². The number of ether oxygens (including phenoxy) is 2. The summed E-state index contributed by atoms with van der Waals surface area (Å²) >= 11 is 1.56. The number of fused-ring (bicyclic) bond motifs is 1. The average molecular weight is 517 g/mol. The van der Waals surface area contributed by atoms with Crippen molar-refractivity contribution in [2.45, 2.75) is 31.6 Å². The van der Waals surface area contributed by atoms with E-state index in [1.807, 2.05) is 6.07 Å². The molecule has 2 heterocycles. The lowest BCUT2D eigenvalue weighted by atomic mass is 10.1. The van der Waals surface area contributed by atoms with Crippen LogP contribution in [-0.2, 0) is 15.3 Å². The summed E-state index contributed by atoms with van der Waals surface area (Å²) in [5.41, 5.74) is 3.72. The van der Waals surface area contributed by atoms with Crippen molar-refractivity contribution in [2.75, 3.05) is 24.2 Å². The lowest BCUT2D eigenvalue weighted by Crippen LogP contribution is -2.36. The molecule has 3 aromatic rings. The standard InChI is InChI=1S/C29H28N2O5S/c1-19-5-2-6-20(13-19)17-37-18-27(32)30-21-7-3-8-22(14-21)36-23-10-11-25-26(15-23)29(34)31(28(25)33)16-24-9-4-12-35-24/h2-3,5-8,10-11,13-15,24H,4,9,12,16-18H2,1H3,(H,30,32). The number of imide groups is 1. The zero-order valence-corrected chi connectivity index (χ0v) is 21.4. The smallest absolute Gasteiger partial charge is 0.261 e. The third-order valence-corrected chi connectivity index (χ3v) is 7.29. The molecule has 37 heavy (non-hydrogen) atoms. The van der Waals surface area contributed by atoms with Gasteiger partial charge in [-0.05, 0) is 55.7 Å². The first kappa shape index (κ1) is 25.0. The average Bonchev–Trinajstić information content (AvgIpc) is 3.47. The Morgan fingerprint density at radius 3 is 2.65 bits per heavy atom. The van der Waals surface area contributed by atoms with Gasteiger partial charge in [0.1, 0.15) is 11.5 Å². The minimum Gasteiger partial charge on any atom is -0.457 e. The third kappa shape index (κ3) is 6.03. The van der Waals surface area contributed by atoms with Crippen molar-refractivity contribution >= 4 is 35.2 Å². The van der Waals surface area contributed by atoms with Crippen LogP contribution in [-0.4, -0.2) is 47.6 Å². The Morgan fingerprint density at radius 1 is 1.03 bits per heavy atom. The van der Waals surface area contributed by atoms with E-state index in [-0.39, 0.29) is 30.4 Å². The number of carbonyl (C=O) groups excluding carboxylic acids is 3. The van der Waals surface area contributed by atoms with E-state index in [0.717, 1.165) is 18.6 Å². The topological polar surface area (TPSA) is 84.9 Å². The number of carbonyl (C=O) groups is 3. The Bertz CT molecular complexity index is 1340. The molecule has 1 saturated heterocycles. The number of thioether (sulfide) groups is 1. The van der Waals surface area contributed by atoms with Crippen molar-refractivity contribution in [3.8, 4) is 11.5 Å². The minimum absolute atomic E-state index is 0.0947. The van der Waals surface area contributed by atoms with Crippen molar-refractivity contribution in [3.63, 3.8) is 0 Å². The number of hydrogen-bond donors (Lipinski definition) is 1. The zero-order chi connectivity index (χ0) is 25.8. The largest absolute Gasteiger partial charge is 0.457 e. The predicted octanol–water partition coefficient (Wildman–Crippen LogP) is 5.43. The second-order valence-corrected chi connectivity index (χ2v) is 10.2. The molecule has 0 aliphatic carbocycles. The maximum Gasteiger partial charge on any atom is 0.261 e. The molecule has 8 heteroatoms. The summed E-state index contributed by atoms with van der Waals surface area (Å²) in [4.78, 5) is 39.4. The van der Waals surface area contributed by atoms with Crippen LogP contribution in [0.25, 0.3) is 0 Å². The Hall–Kier alpha value is -3.62. The van der Waals surface area contributed by atoms with E-state index in [1.165, 1.54) is 16.0 Å². The first-order valence-corrected chi connectivity index (χ1v) is 13.4. The first-order valence-electron chi connectivity index (χ1n) is 12.3. The molecule has 0 aromatic heterocycles. The van der Waals surface area contributed by atoms with Crippen molar-refractivity contribution in [2.24, 2.45) is 0 Å². The summed E-state index contributed by atoms with van der Waals surface area (Å²) in [6.45, 7) is 2.99. The van der Waals surface area contributed by atoms with Crippen LogP contribution in [0, 0.1) is 6.92 Å². The number of nitrogens with zero attached hydrogens (tertiary/aromatic N) is 1. The molecule has 1 N–H and O–H groups in total. The number of aryl methyl sites for hydroxylation is 1. The fourth-order valence-corrected chi connectivity index (χ4v) is 5.30. The fraction of sp³-hybridized carbons (Fsp3) is 0.276. The lowest BCUT2D eigenvalue weighted by Gasteiger charge is -2.17. The highest BCUT2D eigenvalue weighted by molar-refractivity contribution is 7.99. The molecule has 3 amide bonds. The number of rotatable bonds is 9. The van der Waals surface area contributed by atoms with E-state index in [2.05, 4.69) is 30.4 Å². The summed E-state index contributed by atoms with van der Waals surface area (Å²) in [5.74, 6) is 1.33. The molecule has 1 atom stereocenters. The summed E-state index contributed by atoms with van der Waals surface area (Å²) in [6.07, 6.45) is 1.69. The molecule has 190 valence electrons. The number of anilines is 1. The van der Waals surface area contributed by atoms with Gasteiger partial charge in [0.2, 0.25) is 5.91 Å². The quantitative estimate of drug-likeness (QED) is 0.382. The molecule has 0 saturated carbocycles. The number of nitrogens with one attached hydrogen (secondary N) is 1. The molecule has 0 radical (unpaired) electrons. The second kappa shape index (κ2) is 11.2. The van der Waals surface area contributed by atoms with Crippen LogP contribution in [0.1, 0.15) is 44.7 Å². The number of amides is 3. The van der Waals surface area contributed by atoms with E-state index in [1.54, 1.807) is 54.2 Å². The molecular formula is C29H28N2O5S. The Balaban J connectivity index is 1.18. The molecule has 7 nitrogen and oxygen atoms in total. The van der Waals surface area contributed by atoms with Gasteiger partial charge >= 0.3 is 0 Å². The summed E-state index contributed by atoms with van der Waals surface area (Å²) in [5, 5.41) is 2.90. The highest BCUT2D eigenvalue weighted by Crippen LogP contribution is 2.31. The van der Waals surface area contributed by atoms with Gasteiger partial charge in [0, 0.05) is 24.1 Å². The summed E-state index contributed by atoms with van der Waals surface area (Å²) in [7, 11) is 0.